The summed E-state index contributed by atoms with van der Waals surface area (Å²) in [7, 11) is 1.68. The zero-order valence-electron chi connectivity index (χ0n) is 14.4. The summed E-state index contributed by atoms with van der Waals surface area (Å²) in [6.45, 7) is 3.14. The van der Waals surface area contributed by atoms with Crippen molar-refractivity contribution in [3.63, 3.8) is 0 Å². The molecule has 1 saturated heterocycles. The fourth-order valence-corrected chi connectivity index (χ4v) is 3.54. The van der Waals surface area contributed by atoms with Gasteiger partial charge < -0.3 is 14.4 Å². The van der Waals surface area contributed by atoms with Crippen molar-refractivity contribution in [2.24, 2.45) is 0 Å². The second-order valence-electron chi connectivity index (χ2n) is 6.37. The van der Waals surface area contributed by atoms with Gasteiger partial charge in [-0.3, -0.25) is 4.98 Å². The second kappa shape index (κ2) is 8.69. The molecular weight excluding hydrogens is 300 g/mol. The number of rotatable bonds is 7. The van der Waals surface area contributed by atoms with Gasteiger partial charge in [0.25, 0.3) is 0 Å². The van der Waals surface area contributed by atoms with E-state index in [0.717, 1.165) is 31.1 Å². The minimum Gasteiger partial charge on any atom is -0.497 e. The van der Waals surface area contributed by atoms with Crippen molar-refractivity contribution in [3.8, 4) is 11.5 Å². The molecule has 0 spiro atoms. The Hall–Kier alpha value is -2.07. The summed E-state index contributed by atoms with van der Waals surface area (Å²) in [5.74, 6) is 1.72. The van der Waals surface area contributed by atoms with E-state index in [1.165, 1.54) is 31.4 Å². The van der Waals surface area contributed by atoms with Crippen molar-refractivity contribution >= 4 is 0 Å². The van der Waals surface area contributed by atoms with Crippen molar-refractivity contribution in [1.29, 1.82) is 0 Å². The predicted molar refractivity (Wildman–Crippen MR) is 94.6 cm³/mol. The zero-order valence-corrected chi connectivity index (χ0v) is 14.4. The lowest BCUT2D eigenvalue weighted by atomic mass is 9.96. The molecule has 1 fully saturated rings. The Morgan fingerprint density at radius 1 is 1.17 bits per heavy atom. The van der Waals surface area contributed by atoms with Gasteiger partial charge in [-0.15, -0.1) is 0 Å². The average Bonchev–Trinajstić information content (AvgIpc) is 2.66. The molecule has 1 aliphatic rings. The van der Waals surface area contributed by atoms with Crippen molar-refractivity contribution in [2.75, 3.05) is 26.8 Å². The quantitative estimate of drug-likeness (QED) is 0.794. The molecule has 24 heavy (non-hydrogen) atoms. The molecule has 2 aromatic rings. The van der Waals surface area contributed by atoms with Gasteiger partial charge in [-0.1, -0.05) is 12.1 Å². The Kier molecular flexibility index (Phi) is 6.07. The van der Waals surface area contributed by atoms with Crippen molar-refractivity contribution in [2.45, 2.75) is 31.7 Å². The smallest absolute Gasteiger partial charge is 0.122 e. The van der Waals surface area contributed by atoms with Crippen molar-refractivity contribution in [3.05, 3.63) is 54.4 Å². The number of nitrogens with one attached hydrogen (secondary N) is 1. The number of pyridine rings is 1. The number of hydrogen-bond acceptors (Lipinski definition) is 3. The van der Waals surface area contributed by atoms with Gasteiger partial charge in [-0.2, -0.15) is 0 Å². The molecule has 0 radical (unpaired) electrons. The fraction of sp³-hybridized carbons (Fsp3) is 0.450. The lowest BCUT2D eigenvalue weighted by molar-refractivity contribution is -0.937. The maximum absolute atomic E-state index is 5.87. The lowest BCUT2D eigenvalue weighted by Crippen LogP contribution is -3.13. The van der Waals surface area contributed by atoms with Gasteiger partial charge in [0, 0.05) is 36.9 Å². The molecule has 0 saturated carbocycles. The first-order chi connectivity index (χ1) is 11.9. The lowest BCUT2D eigenvalue weighted by Gasteiger charge is -2.32. The first-order valence-electron chi connectivity index (χ1n) is 8.88. The third-order valence-electron chi connectivity index (χ3n) is 4.77. The van der Waals surface area contributed by atoms with E-state index in [1.807, 2.05) is 42.7 Å². The molecule has 1 aliphatic heterocycles. The highest BCUT2D eigenvalue weighted by molar-refractivity contribution is 5.32. The molecule has 4 heteroatoms. The zero-order chi connectivity index (χ0) is 16.6. The predicted octanol–water partition coefficient (Wildman–Crippen LogP) is 2.67. The molecule has 4 nitrogen and oxygen atoms in total. The molecule has 1 aromatic carbocycles. The van der Waals surface area contributed by atoms with Crippen LogP contribution in [0.5, 0.6) is 11.5 Å². The standard InChI is InChI=1S/C20H26N2O2/c1-23-18-8-4-9-19(15-18)24-14-6-13-22-12-3-2-10-20(22)17-7-5-11-21-16-17/h4-5,7-9,11,15-16,20H,2-3,6,10,12-14H2,1H3/p+1/t20-/m1/s1. The third kappa shape index (κ3) is 4.48. The molecule has 2 heterocycles. The number of ether oxygens (including phenoxy) is 2. The van der Waals surface area contributed by atoms with Crippen LogP contribution in [-0.2, 0) is 0 Å². The Bertz CT molecular complexity index is 618. The van der Waals surface area contributed by atoms with Crippen LogP contribution in [0.4, 0.5) is 0 Å². The molecule has 0 bridgehead atoms. The Morgan fingerprint density at radius 2 is 2.08 bits per heavy atom. The van der Waals surface area contributed by atoms with Crippen LogP contribution in [0.25, 0.3) is 0 Å². The molecule has 3 rings (SSSR count). The molecule has 0 aliphatic carbocycles. The molecule has 128 valence electrons. The number of benzene rings is 1. The van der Waals surface area contributed by atoms with E-state index in [4.69, 9.17) is 9.47 Å². The second-order valence-corrected chi connectivity index (χ2v) is 6.37. The van der Waals surface area contributed by atoms with Crippen LogP contribution < -0.4 is 14.4 Å². The van der Waals surface area contributed by atoms with Gasteiger partial charge in [-0.25, -0.2) is 0 Å². The molecule has 2 atom stereocenters. The monoisotopic (exact) mass is 327 g/mol. The molecule has 1 aromatic heterocycles. The Morgan fingerprint density at radius 3 is 2.92 bits per heavy atom. The van der Waals surface area contributed by atoms with Crippen LogP contribution in [0.3, 0.4) is 0 Å². The number of methoxy groups -OCH3 is 1. The highest BCUT2D eigenvalue weighted by atomic mass is 16.5. The van der Waals surface area contributed by atoms with E-state index in [9.17, 15) is 0 Å². The summed E-state index contributed by atoms with van der Waals surface area (Å²) >= 11 is 0. The molecule has 0 amide bonds. The van der Waals surface area contributed by atoms with E-state index in [2.05, 4.69) is 11.1 Å². The highest BCUT2D eigenvalue weighted by Crippen LogP contribution is 2.20. The van der Waals surface area contributed by atoms with Crippen molar-refractivity contribution < 1.29 is 14.4 Å². The largest absolute Gasteiger partial charge is 0.497 e. The summed E-state index contributed by atoms with van der Waals surface area (Å²) in [5, 5.41) is 0. The van der Waals surface area contributed by atoms with Crippen molar-refractivity contribution in [1.82, 2.24) is 4.98 Å². The van der Waals surface area contributed by atoms with E-state index in [-0.39, 0.29) is 0 Å². The maximum Gasteiger partial charge on any atom is 0.122 e. The Labute approximate surface area is 144 Å². The minimum absolute atomic E-state index is 0.587. The van der Waals surface area contributed by atoms with Crippen LogP contribution in [0, 0.1) is 0 Å². The van der Waals surface area contributed by atoms with E-state index in [1.54, 1.807) is 12.0 Å². The SMILES string of the molecule is COc1cccc(OCCC[NH+]2CCCC[C@@H]2c2cccnc2)c1. The average molecular weight is 327 g/mol. The van der Waals surface area contributed by atoms with Gasteiger partial charge >= 0.3 is 0 Å². The summed E-state index contributed by atoms with van der Waals surface area (Å²) < 4.78 is 11.1. The number of piperidine rings is 1. The van der Waals surface area contributed by atoms with Crippen LogP contribution >= 0.6 is 0 Å². The number of quaternary nitrogens is 1. The topological polar surface area (TPSA) is 35.8 Å². The normalized spacial score (nSPS) is 20.5. The van der Waals surface area contributed by atoms with Crippen LogP contribution in [0.2, 0.25) is 0 Å². The highest BCUT2D eigenvalue weighted by Gasteiger charge is 2.27. The van der Waals surface area contributed by atoms with Gasteiger partial charge in [0.2, 0.25) is 0 Å². The molecular formula is C20H27N2O2+. The third-order valence-corrected chi connectivity index (χ3v) is 4.77. The van der Waals surface area contributed by atoms with Gasteiger partial charge in [-0.05, 0) is 31.0 Å². The van der Waals surface area contributed by atoms with Crippen LogP contribution in [-0.4, -0.2) is 31.8 Å². The Balaban J connectivity index is 1.49. The molecule has 1 N–H and O–H groups in total. The van der Waals surface area contributed by atoms with E-state index in [0.29, 0.717) is 6.04 Å². The summed E-state index contributed by atoms with van der Waals surface area (Å²) in [4.78, 5) is 5.97. The summed E-state index contributed by atoms with van der Waals surface area (Å²) in [6.07, 6.45) is 8.85. The minimum atomic E-state index is 0.587. The fourth-order valence-electron chi connectivity index (χ4n) is 3.54. The number of aromatic nitrogens is 1. The first-order valence-corrected chi connectivity index (χ1v) is 8.88. The maximum atomic E-state index is 5.87. The van der Waals surface area contributed by atoms with Crippen LogP contribution in [0.1, 0.15) is 37.3 Å². The van der Waals surface area contributed by atoms with E-state index < -0.39 is 0 Å². The van der Waals surface area contributed by atoms with Crippen LogP contribution in [0.15, 0.2) is 48.8 Å². The summed E-state index contributed by atoms with van der Waals surface area (Å²) in [6, 6.07) is 12.7. The van der Waals surface area contributed by atoms with Gasteiger partial charge in [0.05, 0.1) is 26.8 Å². The van der Waals surface area contributed by atoms with E-state index >= 15 is 0 Å². The molecule has 1 unspecified atom stereocenters. The summed E-state index contributed by atoms with van der Waals surface area (Å²) in [5.41, 5.74) is 1.38. The number of hydrogen-bond donors (Lipinski definition) is 1. The van der Waals surface area contributed by atoms with Gasteiger partial charge in [0.1, 0.15) is 17.5 Å². The number of likely N-dealkylation sites (tertiary alicyclic amines) is 1. The number of nitrogens with zero attached hydrogens (tertiary/aromatic N) is 1. The first kappa shape index (κ1) is 16.8. The van der Waals surface area contributed by atoms with Gasteiger partial charge in [0.15, 0.2) is 0 Å².